The standard InChI is InChI=1S/C20H26O/c1-3-18(17-6-13(2)4-5-19(17)21)20-10-14-7-15(11-20)9-16(8-14)12-20/h3-6,14-16,18,21H,1,7-12H2,2H3. The number of phenolic OH excluding ortho intramolecular Hbond substituents is 1. The number of rotatable bonds is 3. The van der Waals surface area contributed by atoms with Gasteiger partial charge in [-0.15, -0.1) is 6.58 Å². The molecule has 4 aliphatic rings. The van der Waals surface area contributed by atoms with E-state index in [1.165, 1.54) is 44.1 Å². The van der Waals surface area contributed by atoms with E-state index in [-0.39, 0.29) is 0 Å². The minimum absolute atomic E-state index is 0.325. The lowest BCUT2D eigenvalue weighted by molar-refractivity contribution is -0.0609. The zero-order valence-electron chi connectivity index (χ0n) is 13.0. The van der Waals surface area contributed by atoms with Gasteiger partial charge in [-0.2, -0.15) is 0 Å². The highest BCUT2D eigenvalue weighted by atomic mass is 16.3. The minimum Gasteiger partial charge on any atom is -0.508 e. The first-order valence-electron chi connectivity index (χ1n) is 8.52. The third-order valence-electron chi connectivity index (χ3n) is 6.50. The zero-order valence-corrected chi connectivity index (χ0v) is 13.0. The Morgan fingerprint density at radius 3 is 2.24 bits per heavy atom. The Morgan fingerprint density at radius 2 is 1.71 bits per heavy atom. The van der Waals surface area contributed by atoms with Crippen LogP contribution in [0.4, 0.5) is 0 Å². The summed E-state index contributed by atoms with van der Waals surface area (Å²) in [5, 5.41) is 10.4. The highest BCUT2D eigenvalue weighted by molar-refractivity contribution is 5.42. The SMILES string of the molecule is C=CC(c1cc(C)ccc1O)C12CC3CC(CC(C3)C1)C2. The molecule has 1 unspecified atom stereocenters. The molecule has 1 aromatic carbocycles. The molecule has 1 atom stereocenters. The van der Waals surface area contributed by atoms with E-state index in [9.17, 15) is 5.11 Å². The Hall–Kier alpha value is -1.24. The largest absolute Gasteiger partial charge is 0.508 e. The van der Waals surface area contributed by atoms with Crippen LogP contribution in [0.2, 0.25) is 0 Å². The van der Waals surface area contributed by atoms with Gasteiger partial charge in [-0.1, -0.05) is 23.8 Å². The average molecular weight is 282 g/mol. The first-order valence-corrected chi connectivity index (χ1v) is 8.52. The lowest BCUT2D eigenvalue weighted by Crippen LogP contribution is -2.48. The third kappa shape index (κ3) is 2.05. The molecule has 112 valence electrons. The normalized spacial score (nSPS) is 38.4. The predicted molar refractivity (Wildman–Crippen MR) is 86.4 cm³/mol. The molecule has 0 heterocycles. The zero-order chi connectivity index (χ0) is 14.6. The van der Waals surface area contributed by atoms with Crippen molar-refractivity contribution in [3.63, 3.8) is 0 Å². The molecule has 21 heavy (non-hydrogen) atoms. The summed E-state index contributed by atoms with van der Waals surface area (Å²) in [6.45, 7) is 6.27. The molecule has 0 saturated heterocycles. The van der Waals surface area contributed by atoms with Crippen molar-refractivity contribution >= 4 is 0 Å². The van der Waals surface area contributed by atoms with Crippen LogP contribution >= 0.6 is 0 Å². The van der Waals surface area contributed by atoms with Gasteiger partial charge in [0.2, 0.25) is 0 Å². The van der Waals surface area contributed by atoms with E-state index in [1.54, 1.807) is 0 Å². The summed E-state index contributed by atoms with van der Waals surface area (Å²) in [7, 11) is 0. The van der Waals surface area contributed by atoms with Crippen LogP contribution in [-0.4, -0.2) is 5.11 Å². The molecule has 4 saturated carbocycles. The van der Waals surface area contributed by atoms with Gasteiger partial charge in [0.15, 0.2) is 0 Å². The molecule has 1 heteroatoms. The molecule has 0 aliphatic heterocycles. The number of allylic oxidation sites excluding steroid dienone is 1. The molecule has 4 fully saturated rings. The van der Waals surface area contributed by atoms with E-state index in [2.05, 4.69) is 25.6 Å². The lowest BCUT2D eigenvalue weighted by atomic mass is 9.46. The van der Waals surface area contributed by atoms with E-state index in [0.717, 1.165) is 23.3 Å². The number of phenols is 1. The number of hydrogen-bond acceptors (Lipinski definition) is 1. The molecule has 4 bridgehead atoms. The quantitative estimate of drug-likeness (QED) is 0.757. The second-order valence-corrected chi connectivity index (χ2v) is 8.06. The number of aryl methyl sites for hydroxylation is 1. The third-order valence-corrected chi connectivity index (χ3v) is 6.50. The molecule has 0 aromatic heterocycles. The Bertz CT molecular complexity index is 536. The van der Waals surface area contributed by atoms with Crippen LogP contribution in [-0.2, 0) is 0 Å². The van der Waals surface area contributed by atoms with E-state index in [4.69, 9.17) is 0 Å². The van der Waals surface area contributed by atoms with Crippen LogP contribution in [0.15, 0.2) is 30.9 Å². The first-order chi connectivity index (χ1) is 10.1. The molecular formula is C20H26O. The molecular weight excluding hydrogens is 256 g/mol. The van der Waals surface area contributed by atoms with Gasteiger partial charge in [-0.25, -0.2) is 0 Å². The van der Waals surface area contributed by atoms with E-state index < -0.39 is 0 Å². The maximum absolute atomic E-state index is 10.4. The van der Waals surface area contributed by atoms with Gasteiger partial charge in [-0.05, 0) is 74.7 Å². The smallest absolute Gasteiger partial charge is 0.119 e. The molecule has 4 aliphatic carbocycles. The molecule has 0 amide bonds. The maximum atomic E-state index is 10.4. The van der Waals surface area contributed by atoms with Crippen LogP contribution in [0.5, 0.6) is 5.75 Å². The Kier molecular flexibility index (Phi) is 2.96. The van der Waals surface area contributed by atoms with Crippen molar-refractivity contribution in [1.82, 2.24) is 0 Å². The first kappa shape index (κ1) is 13.4. The number of benzene rings is 1. The summed E-state index contributed by atoms with van der Waals surface area (Å²) in [5.41, 5.74) is 2.73. The van der Waals surface area contributed by atoms with Crippen molar-refractivity contribution in [1.29, 1.82) is 0 Å². The van der Waals surface area contributed by atoms with Gasteiger partial charge >= 0.3 is 0 Å². The summed E-state index contributed by atoms with van der Waals surface area (Å²) < 4.78 is 0. The van der Waals surface area contributed by atoms with E-state index >= 15 is 0 Å². The molecule has 0 spiro atoms. The van der Waals surface area contributed by atoms with Crippen molar-refractivity contribution in [3.05, 3.63) is 42.0 Å². The summed E-state index contributed by atoms with van der Waals surface area (Å²) in [6.07, 6.45) is 10.6. The van der Waals surface area contributed by atoms with Crippen molar-refractivity contribution in [2.24, 2.45) is 23.2 Å². The fourth-order valence-electron chi connectivity index (χ4n) is 6.19. The van der Waals surface area contributed by atoms with Gasteiger partial charge in [0.25, 0.3) is 0 Å². The van der Waals surface area contributed by atoms with Crippen molar-refractivity contribution in [2.75, 3.05) is 0 Å². The average Bonchev–Trinajstić information content (AvgIpc) is 2.41. The lowest BCUT2D eigenvalue weighted by Gasteiger charge is -2.59. The van der Waals surface area contributed by atoms with Crippen molar-refractivity contribution in [3.8, 4) is 5.75 Å². The molecule has 5 rings (SSSR count). The van der Waals surface area contributed by atoms with Gasteiger partial charge < -0.3 is 5.11 Å². The van der Waals surface area contributed by atoms with Crippen LogP contribution in [0.25, 0.3) is 0 Å². The fourth-order valence-corrected chi connectivity index (χ4v) is 6.19. The summed E-state index contributed by atoms with van der Waals surface area (Å²) >= 11 is 0. The number of aromatic hydroxyl groups is 1. The topological polar surface area (TPSA) is 20.2 Å². The maximum Gasteiger partial charge on any atom is 0.119 e. The summed E-state index contributed by atoms with van der Waals surface area (Å²) in [5.74, 6) is 3.59. The van der Waals surface area contributed by atoms with Crippen LogP contribution in [0.1, 0.15) is 55.6 Å². The Morgan fingerprint density at radius 1 is 1.14 bits per heavy atom. The van der Waals surface area contributed by atoms with Gasteiger partial charge in [-0.3, -0.25) is 0 Å². The molecule has 1 N–H and O–H groups in total. The highest BCUT2D eigenvalue weighted by Gasteiger charge is 2.54. The Balaban J connectivity index is 1.76. The van der Waals surface area contributed by atoms with Crippen molar-refractivity contribution in [2.45, 2.75) is 51.4 Å². The predicted octanol–water partition coefficient (Wildman–Crippen LogP) is 5.19. The molecule has 1 aromatic rings. The van der Waals surface area contributed by atoms with Gasteiger partial charge in [0.05, 0.1) is 0 Å². The van der Waals surface area contributed by atoms with Gasteiger partial charge in [0, 0.05) is 11.5 Å². The summed E-state index contributed by atoms with van der Waals surface area (Å²) in [6, 6.07) is 6.04. The minimum atomic E-state index is 0.325. The monoisotopic (exact) mass is 282 g/mol. The number of hydrogen-bond donors (Lipinski definition) is 1. The van der Waals surface area contributed by atoms with Gasteiger partial charge in [0.1, 0.15) is 5.75 Å². The van der Waals surface area contributed by atoms with Crippen molar-refractivity contribution < 1.29 is 5.11 Å². The van der Waals surface area contributed by atoms with E-state index in [0.29, 0.717) is 17.1 Å². The molecule has 0 radical (unpaired) electrons. The molecule has 1 nitrogen and oxygen atoms in total. The fraction of sp³-hybridized carbons (Fsp3) is 0.600. The van der Waals surface area contributed by atoms with Crippen LogP contribution in [0, 0.1) is 30.1 Å². The second kappa shape index (κ2) is 4.63. The summed E-state index contributed by atoms with van der Waals surface area (Å²) in [4.78, 5) is 0. The second-order valence-electron chi connectivity index (χ2n) is 8.06. The van der Waals surface area contributed by atoms with Crippen LogP contribution < -0.4 is 0 Å². The highest BCUT2D eigenvalue weighted by Crippen LogP contribution is 2.65. The Labute approximate surface area is 128 Å². The van der Waals surface area contributed by atoms with E-state index in [1.807, 2.05) is 12.1 Å². The van der Waals surface area contributed by atoms with Crippen LogP contribution in [0.3, 0.4) is 0 Å².